The molecule has 0 amide bonds. The van der Waals surface area contributed by atoms with Gasteiger partial charge in [0.25, 0.3) is 0 Å². The Labute approximate surface area is 141 Å². The van der Waals surface area contributed by atoms with E-state index in [0.29, 0.717) is 0 Å². The molecule has 2 atom stereocenters. The molecule has 0 radical (unpaired) electrons. The highest BCUT2D eigenvalue weighted by molar-refractivity contribution is 9.10. The van der Waals surface area contributed by atoms with Crippen molar-refractivity contribution in [3.05, 3.63) is 70.2 Å². The molecular weight excluding hydrogens is 336 g/mol. The Kier molecular flexibility index (Phi) is 5.83. The van der Waals surface area contributed by atoms with Crippen molar-refractivity contribution in [3.63, 3.8) is 0 Å². The standard InChI is InChI=1S/C20H21BrO/c1-16(8-6-7-11-17-9-4-3-5-10-17)20(2,22)18-12-14-19(21)15-13-18/h3-5,9-10,12-16,22H,7,11H2,1-2H3. The first-order valence-corrected chi connectivity index (χ1v) is 8.30. The molecular formula is C20H21BrO. The topological polar surface area (TPSA) is 20.2 Å². The van der Waals surface area contributed by atoms with Crippen LogP contribution in [0.2, 0.25) is 0 Å². The van der Waals surface area contributed by atoms with Gasteiger partial charge in [0.05, 0.1) is 5.92 Å². The summed E-state index contributed by atoms with van der Waals surface area (Å²) in [5.41, 5.74) is 1.24. The molecule has 0 saturated heterocycles. The van der Waals surface area contributed by atoms with Gasteiger partial charge >= 0.3 is 0 Å². The molecule has 2 unspecified atom stereocenters. The number of rotatable bonds is 4. The number of hydrogen-bond acceptors (Lipinski definition) is 1. The van der Waals surface area contributed by atoms with E-state index in [1.165, 1.54) is 5.56 Å². The Morgan fingerprint density at radius 3 is 2.36 bits per heavy atom. The molecule has 2 aromatic carbocycles. The molecule has 0 fully saturated rings. The number of benzene rings is 2. The Morgan fingerprint density at radius 1 is 1.09 bits per heavy atom. The molecule has 0 bridgehead atoms. The third kappa shape index (κ3) is 4.47. The summed E-state index contributed by atoms with van der Waals surface area (Å²) in [6.07, 6.45) is 1.76. The number of aryl methyl sites for hydroxylation is 1. The fourth-order valence-corrected chi connectivity index (χ4v) is 2.52. The third-order valence-electron chi connectivity index (χ3n) is 3.97. The van der Waals surface area contributed by atoms with Crippen LogP contribution in [-0.4, -0.2) is 5.11 Å². The SMILES string of the molecule is CC(C#CCCc1ccccc1)C(C)(O)c1ccc(Br)cc1. The molecule has 2 aromatic rings. The van der Waals surface area contributed by atoms with Crippen molar-refractivity contribution in [1.29, 1.82) is 0 Å². The van der Waals surface area contributed by atoms with Gasteiger partial charge in [-0.2, -0.15) is 0 Å². The van der Waals surface area contributed by atoms with Crippen LogP contribution in [0.15, 0.2) is 59.1 Å². The van der Waals surface area contributed by atoms with Crippen molar-refractivity contribution in [2.45, 2.75) is 32.3 Å². The summed E-state index contributed by atoms with van der Waals surface area (Å²) in [7, 11) is 0. The maximum atomic E-state index is 10.7. The lowest BCUT2D eigenvalue weighted by atomic mass is 9.84. The van der Waals surface area contributed by atoms with E-state index in [4.69, 9.17) is 0 Å². The zero-order chi connectivity index (χ0) is 16.0. The van der Waals surface area contributed by atoms with Crippen molar-refractivity contribution in [3.8, 4) is 11.8 Å². The molecule has 0 aliphatic rings. The minimum Gasteiger partial charge on any atom is -0.384 e. The van der Waals surface area contributed by atoms with Gasteiger partial charge < -0.3 is 5.11 Å². The molecule has 0 aliphatic heterocycles. The number of halogens is 1. The Balaban J connectivity index is 1.97. The van der Waals surface area contributed by atoms with E-state index in [0.717, 1.165) is 22.9 Å². The molecule has 1 N–H and O–H groups in total. The van der Waals surface area contributed by atoms with Crippen LogP contribution in [0.25, 0.3) is 0 Å². The molecule has 2 rings (SSSR count). The minimum atomic E-state index is -0.944. The summed E-state index contributed by atoms with van der Waals surface area (Å²) in [5, 5.41) is 10.7. The summed E-state index contributed by atoms with van der Waals surface area (Å²) in [6.45, 7) is 3.80. The highest BCUT2D eigenvalue weighted by Crippen LogP contribution is 2.29. The summed E-state index contributed by atoms with van der Waals surface area (Å²) in [5.74, 6) is 6.28. The van der Waals surface area contributed by atoms with E-state index in [1.54, 1.807) is 0 Å². The fraction of sp³-hybridized carbons (Fsp3) is 0.300. The highest BCUT2D eigenvalue weighted by Gasteiger charge is 2.29. The predicted octanol–water partition coefficient (Wildman–Crippen LogP) is 4.93. The molecule has 0 heterocycles. The molecule has 22 heavy (non-hydrogen) atoms. The maximum absolute atomic E-state index is 10.7. The van der Waals surface area contributed by atoms with Crippen molar-refractivity contribution in [1.82, 2.24) is 0 Å². The van der Waals surface area contributed by atoms with Crippen molar-refractivity contribution < 1.29 is 5.11 Å². The van der Waals surface area contributed by atoms with Gasteiger partial charge in [-0.15, -0.1) is 5.92 Å². The van der Waals surface area contributed by atoms with Crippen LogP contribution in [0.5, 0.6) is 0 Å². The van der Waals surface area contributed by atoms with Crippen molar-refractivity contribution >= 4 is 15.9 Å². The first-order chi connectivity index (χ1) is 10.5. The van der Waals surface area contributed by atoms with Gasteiger partial charge in [0.15, 0.2) is 0 Å². The summed E-state index contributed by atoms with van der Waals surface area (Å²) < 4.78 is 1.01. The first-order valence-electron chi connectivity index (χ1n) is 7.51. The summed E-state index contributed by atoms with van der Waals surface area (Å²) in [6, 6.07) is 18.1. The van der Waals surface area contributed by atoms with Gasteiger partial charge in [0.1, 0.15) is 5.60 Å². The van der Waals surface area contributed by atoms with E-state index in [2.05, 4.69) is 39.9 Å². The maximum Gasteiger partial charge on any atom is 0.100 e. The Hall–Kier alpha value is -1.56. The Bertz CT molecular complexity index is 648. The second-order valence-corrected chi connectivity index (χ2v) is 6.60. The highest BCUT2D eigenvalue weighted by atomic mass is 79.9. The second kappa shape index (κ2) is 7.63. The van der Waals surface area contributed by atoms with Gasteiger partial charge in [0.2, 0.25) is 0 Å². The van der Waals surface area contributed by atoms with Gasteiger partial charge in [0, 0.05) is 10.9 Å². The largest absolute Gasteiger partial charge is 0.384 e. The molecule has 0 aromatic heterocycles. The first kappa shape index (κ1) is 16.8. The monoisotopic (exact) mass is 356 g/mol. The van der Waals surface area contributed by atoms with E-state index in [-0.39, 0.29) is 5.92 Å². The lowest BCUT2D eigenvalue weighted by Crippen LogP contribution is -2.28. The van der Waals surface area contributed by atoms with Crippen LogP contribution in [0, 0.1) is 17.8 Å². The van der Waals surface area contributed by atoms with Crippen molar-refractivity contribution in [2.24, 2.45) is 5.92 Å². The molecule has 0 spiro atoms. The molecule has 0 saturated carbocycles. The lowest BCUT2D eigenvalue weighted by molar-refractivity contribution is 0.0239. The molecule has 0 aliphatic carbocycles. The quantitative estimate of drug-likeness (QED) is 0.770. The van der Waals surface area contributed by atoms with Gasteiger partial charge in [-0.05, 0) is 43.5 Å². The predicted molar refractivity (Wildman–Crippen MR) is 95.4 cm³/mol. The van der Waals surface area contributed by atoms with Crippen LogP contribution in [0.4, 0.5) is 0 Å². The van der Waals surface area contributed by atoms with Crippen LogP contribution in [-0.2, 0) is 12.0 Å². The molecule has 2 heteroatoms. The van der Waals surface area contributed by atoms with Crippen LogP contribution < -0.4 is 0 Å². The third-order valence-corrected chi connectivity index (χ3v) is 4.50. The molecule has 1 nitrogen and oxygen atoms in total. The average Bonchev–Trinajstić information content (AvgIpc) is 2.52. The summed E-state index contributed by atoms with van der Waals surface area (Å²) >= 11 is 3.41. The minimum absolute atomic E-state index is 0.121. The normalized spacial score (nSPS) is 14.5. The van der Waals surface area contributed by atoms with E-state index >= 15 is 0 Å². The van der Waals surface area contributed by atoms with Crippen LogP contribution in [0.1, 0.15) is 31.4 Å². The zero-order valence-electron chi connectivity index (χ0n) is 13.0. The molecule has 114 valence electrons. The zero-order valence-corrected chi connectivity index (χ0v) is 14.6. The second-order valence-electron chi connectivity index (χ2n) is 5.68. The summed E-state index contributed by atoms with van der Waals surface area (Å²) in [4.78, 5) is 0. The van der Waals surface area contributed by atoms with Crippen LogP contribution >= 0.6 is 15.9 Å². The van der Waals surface area contributed by atoms with Gasteiger partial charge in [-0.1, -0.05) is 64.3 Å². The van der Waals surface area contributed by atoms with Gasteiger partial charge in [-0.3, -0.25) is 0 Å². The van der Waals surface area contributed by atoms with Gasteiger partial charge in [-0.25, -0.2) is 0 Å². The van der Waals surface area contributed by atoms with Crippen LogP contribution in [0.3, 0.4) is 0 Å². The van der Waals surface area contributed by atoms with E-state index in [9.17, 15) is 5.11 Å². The lowest BCUT2D eigenvalue weighted by Gasteiger charge is -2.27. The number of aliphatic hydroxyl groups is 1. The number of hydrogen-bond donors (Lipinski definition) is 1. The average molecular weight is 357 g/mol. The van der Waals surface area contributed by atoms with Crippen molar-refractivity contribution in [2.75, 3.05) is 0 Å². The van der Waals surface area contributed by atoms with E-state index in [1.807, 2.05) is 56.3 Å². The smallest absolute Gasteiger partial charge is 0.100 e. The van der Waals surface area contributed by atoms with E-state index < -0.39 is 5.60 Å². The Morgan fingerprint density at radius 2 is 1.73 bits per heavy atom. The fourth-order valence-electron chi connectivity index (χ4n) is 2.25.